The fourth-order valence-electron chi connectivity index (χ4n) is 7.14. The molecule has 4 rings (SSSR count). The summed E-state index contributed by atoms with van der Waals surface area (Å²) in [7, 11) is 1.77. The van der Waals surface area contributed by atoms with Crippen molar-refractivity contribution in [2.45, 2.75) is 83.5 Å². The Morgan fingerprint density at radius 3 is 2.80 bits per heavy atom. The maximum Gasteiger partial charge on any atom is 0.159 e. The van der Waals surface area contributed by atoms with Crippen molar-refractivity contribution in [1.82, 2.24) is 0 Å². The summed E-state index contributed by atoms with van der Waals surface area (Å²) in [6, 6.07) is 0. The van der Waals surface area contributed by atoms with Crippen LogP contribution >= 0.6 is 0 Å². The van der Waals surface area contributed by atoms with Crippen molar-refractivity contribution in [2.24, 2.45) is 29.1 Å². The molecule has 2 fully saturated rings. The zero-order valence-electron chi connectivity index (χ0n) is 18.9. The molecule has 0 radical (unpaired) electrons. The normalized spacial score (nSPS) is 41.8. The topological polar surface area (TPSA) is 66.8 Å². The van der Waals surface area contributed by atoms with Crippen molar-refractivity contribution in [1.29, 1.82) is 0 Å². The van der Waals surface area contributed by atoms with E-state index in [-0.39, 0.29) is 23.2 Å². The first kappa shape index (κ1) is 22.0. The largest absolute Gasteiger partial charge is 0.393 e. The molecule has 0 aromatic carbocycles. The molecule has 166 valence electrons. The molecular weight excluding hydrogens is 376 g/mol. The summed E-state index contributed by atoms with van der Waals surface area (Å²) in [5, 5.41) is 20.0. The van der Waals surface area contributed by atoms with E-state index in [4.69, 9.17) is 4.74 Å². The molecule has 30 heavy (non-hydrogen) atoms. The number of ketones is 1. The van der Waals surface area contributed by atoms with Gasteiger partial charge in [-0.1, -0.05) is 36.3 Å². The number of carbonyl (C=O) groups is 1. The van der Waals surface area contributed by atoms with E-state index in [2.05, 4.69) is 26.0 Å². The molecule has 8 unspecified atom stereocenters. The zero-order valence-corrected chi connectivity index (χ0v) is 18.9. The number of aliphatic hydroxyl groups excluding tert-OH is 2. The van der Waals surface area contributed by atoms with Crippen LogP contribution in [0.1, 0.15) is 65.7 Å². The molecule has 4 aliphatic carbocycles. The summed E-state index contributed by atoms with van der Waals surface area (Å²) in [5.74, 6) is 1.26. The van der Waals surface area contributed by atoms with Crippen LogP contribution in [0, 0.1) is 29.1 Å². The molecule has 4 heteroatoms. The first-order valence-electron chi connectivity index (χ1n) is 11.7. The van der Waals surface area contributed by atoms with Gasteiger partial charge in [0.25, 0.3) is 0 Å². The second-order valence-corrected chi connectivity index (χ2v) is 10.6. The number of hydrogen-bond acceptors (Lipinski definition) is 4. The molecule has 4 nitrogen and oxygen atoms in total. The van der Waals surface area contributed by atoms with Gasteiger partial charge < -0.3 is 14.9 Å². The second kappa shape index (κ2) is 8.03. The van der Waals surface area contributed by atoms with Gasteiger partial charge in [-0.2, -0.15) is 0 Å². The Morgan fingerprint density at radius 2 is 2.10 bits per heavy atom. The molecule has 0 aromatic heterocycles. The highest BCUT2D eigenvalue weighted by Crippen LogP contribution is 2.63. The molecule has 4 aliphatic rings. The predicted molar refractivity (Wildman–Crippen MR) is 118 cm³/mol. The average molecular weight is 415 g/mol. The van der Waals surface area contributed by atoms with Crippen molar-refractivity contribution in [2.75, 3.05) is 7.11 Å². The number of allylic oxidation sites excluding steroid dienone is 3. The highest BCUT2D eigenvalue weighted by Gasteiger charge is 2.57. The Kier molecular flexibility index (Phi) is 5.89. The van der Waals surface area contributed by atoms with Gasteiger partial charge in [-0.25, -0.2) is 0 Å². The van der Waals surface area contributed by atoms with Crippen LogP contribution in [0.25, 0.3) is 0 Å². The van der Waals surface area contributed by atoms with E-state index in [1.165, 1.54) is 11.1 Å². The lowest BCUT2D eigenvalue weighted by molar-refractivity contribution is -0.119. The third kappa shape index (κ3) is 3.65. The third-order valence-electron chi connectivity index (χ3n) is 8.80. The van der Waals surface area contributed by atoms with Gasteiger partial charge in [0.2, 0.25) is 0 Å². The molecule has 0 aliphatic heterocycles. The summed E-state index contributed by atoms with van der Waals surface area (Å²) >= 11 is 0. The first-order chi connectivity index (χ1) is 14.2. The van der Waals surface area contributed by atoms with E-state index >= 15 is 0 Å². The van der Waals surface area contributed by atoms with Gasteiger partial charge in [-0.3, -0.25) is 4.79 Å². The van der Waals surface area contributed by atoms with Crippen LogP contribution in [-0.2, 0) is 9.53 Å². The Balaban J connectivity index is 1.69. The van der Waals surface area contributed by atoms with E-state index in [9.17, 15) is 15.0 Å². The van der Waals surface area contributed by atoms with E-state index in [1.54, 1.807) is 14.0 Å². The van der Waals surface area contributed by atoms with E-state index in [1.807, 2.05) is 12.2 Å². The van der Waals surface area contributed by atoms with Crippen LogP contribution in [-0.4, -0.2) is 40.9 Å². The highest BCUT2D eigenvalue weighted by molar-refractivity contribution is 5.93. The van der Waals surface area contributed by atoms with Crippen molar-refractivity contribution in [3.8, 4) is 0 Å². The van der Waals surface area contributed by atoms with Gasteiger partial charge in [0, 0.05) is 18.9 Å². The number of methoxy groups -OCH3 is 1. The maximum absolute atomic E-state index is 13.1. The van der Waals surface area contributed by atoms with E-state index in [0.29, 0.717) is 30.6 Å². The van der Waals surface area contributed by atoms with E-state index in [0.717, 1.165) is 32.1 Å². The van der Waals surface area contributed by atoms with Gasteiger partial charge in [0.1, 0.15) is 0 Å². The minimum Gasteiger partial charge on any atom is -0.393 e. The first-order valence-corrected chi connectivity index (χ1v) is 11.7. The summed E-state index contributed by atoms with van der Waals surface area (Å²) in [6.07, 6.45) is 13.6. The Hall–Kier alpha value is -1.23. The molecule has 2 bridgehead atoms. The van der Waals surface area contributed by atoms with Crippen molar-refractivity contribution in [3.05, 3.63) is 35.5 Å². The summed E-state index contributed by atoms with van der Waals surface area (Å²) in [6.45, 7) is 6.31. The number of fused-ring (bicyclic) bond motifs is 6. The van der Waals surface area contributed by atoms with Gasteiger partial charge in [-0.05, 0) is 82.1 Å². The Morgan fingerprint density at radius 1 is 1.33 bits per heavy atom. The van der Waals surface area contributed by atoms with Crippen LogP contribution < -0.4 is 0 Å². The van der Waals surface area contributed by atoms with Gasteiger partial charge in [0.15, 0.2) is 5.78 Å². The van der Waals surface area contributed by atoms with Crippen molar-refractivity contribution in [3.63, 3.8) is 0 Å². The minimum absolute atomic E-state index is 0.0616. The Labute approximate surface area is 181 Å². The molecule has 2 saturated carbocycles. The molecule has 0 amide bonds. The summed E-state index contributed by atoms with van der Waals surface area (Å²) < 4.78 is 6.04. The number of carbonyl (C=O) groups excluding carboxylic acids is 1. The zero-order chi connectivity index (χ0) is 21.7. The number of rotatable bonds is 4. The van der Waals surface area contributed by atoms with Gasteiger partial charge >= 0.3 is 0 Å². The van der Waals surface area contributed by atoms with Gasteiger partial charge in [-0.15, -0.1) is 0 Å². The van der Waals surface area contributed by atoms with E-state index < -0.39 is 11.7 Å². The van der Waals surface area contributed by atoms with Crippen molar-refractivity contribution < 1.29 is 19.7 Å². The third-order valence-corrected chi connectivity index (χ3v) is 8.80. The van der Waals surface area contributed by atoms with Crippen LogP contribution in [0.2, 0.25) is 0 Å². The van der Waals surface area contributed by atoms with Crippen LogP contribution in [0.15, 0.2) is 35.5 Å². The number of aliphatic hydroxyl groups is 2. The molecule has 0 aromatic rings. The predicted octanol–water partition coefficient (Wildman–Crippen LogP) is 4.37. The standard InChI is InChI=1S/C26H38O4/c1-16(27)9-12-26(3,30-4)24-8-7-22-21-15-23(29)18-13-17(5-6-19(28)14-18)20(21)10-11-25(22,24)2/h5,9,12,15-16,18-20,22,24,27-28H,6-8,10-11,13-14H2,1-4H3. The fraction of sp³-hybridized carbons (Fsp3) is 0.731. The van der Waals surface area contributed by atoms with Crippen LogP contribution in [0.5, 0.6) is 0 Å². The van der Waals surface area contributed by atoms with Crippen molar-refractivity contribution >= 4 is 5.78 Å². The number of ether oxygens (including phenoxy) is 1. The SMILES string of the molecule is COC(C)(C=CC(C)O)C1CCC2C3=CC(=O)C4CC(=CCC(O)C4)C3CCC21C. The van der Waals surface area contributed by atoms with Crippen LogP contribution in [0.3, 0.4) is 0 Å². The molecule has 8 atom stereocenters. The molecule has 0 spiro atoms. The quantitative estimate of drug-likeness (QED) is 0.671. The lowest BCUT2D eigenvalue weighted by Crippen LogP contribution is -2.46. The highest BCUT2D eigenvalue weighted by atomic mass is 16.5. The summed E-state index contributed by atoms with van der Waals surface area (Å²) in [4.78, 5) is 13.1. The molecule has 0 heterocycles. The molecule has 2 N–H and O–H groups in total. The van der Waals surface area contributed by atoms with Gasteiger partial charge in [0.05, 0.1) is 17.8 Å². The monoisotopic (exact) mass is 414 g/mol. The fourth-order valence-corrected chi connectivity index (χ4v) is 7.14. The Bertz CT molecular complexity index is 778. The van der Waals surface area contributed by atoms with Crippen LogP contribution in [0.4, 0.5) is 0 Å². The average Bonchev–Trinajstić information content (AvgIpc) is 2.86. The molecular formula is C26H38O4. The second-order valence-electron chi connectivity index (χ2n) is 10.6. The lowest BCUT2D eigenvalue weighted by Gasteiger charge is -2.49. The molecule has 0 saturated heterocycles. The lowest BCUT2D eigenvalue weighted by atomic mass is 9.57. The summed E-state index contributed by atoms with van der Waals surface area (Å²) in [5.41, 5.74) is 2.38. The maximum atomic E-state index is 13.1. The number of hydrogen-bond donors (Lipinski definition) is 2. The smallest absolute Gasteiger partial charge is 0.159 e. The minimum atomic E-state index is -0.493.